The lowest BCUT2D eigenvalue weighted by Crippen LogP contribution is -2.34. The normalized spacial score (nSPS) is 20.8. The molecule has 1 saturated carbocycles. The van der Waals surface area contributed by atoms with Crippen molar-refractivity contribution in [3.63, 3.8) is 0 Å². The Kier molecular flexibility index (Phi) is 5.83. The lowest BCUT2D eigenvalue weighted by atomic mass is 9.91. The van der Waals surface area contributed by atoms with Crippen LogP contribution in [0, 0.1) is 11.8 Å². The van der Waals surface area contributed by atoms with Crippen LogP contribution in [0.5, 0.6) is 0 Å². The van der Waals surface area contributed by atoms with Gasteiger partial charge in [0.05, 0.1) is 0 Å². The van der Waals surface area contributed by atoms with Gasteiger partial charge in [-0.3, -0.25) is 0 Å². The lowest BCUT2D eigenvalue weighted by Gasteiger charge is -2.35. The Hall–Kier alpha value is -2.11. The van der Waals surface area contributed by atoms with Crippen molar-refractivity contribution in [2.24, 2.45) is 11.8 Å². The second kappa shape index (κ2) is 8.50. The Bertz CT molecular complexity index is 877. The quantitative estimate of drug-likeness (QED) is 0.470. The van der Waals surface area contributed by atoms with Crippen molar-refractivity contribution in [3.05, 3.63) is 96.6 Å². The van der Waals surface area contributed by atoms with Gasteiger partial charge in [-0.15, -0.1) is 0 Å². The van der Waals surface area contributed by atoms with Gasteiger partial charge in [0.25, 0.3) is 0 Å². The molecule has 0 amide bonds. The third kappa shape index (κ3) is 3.74. The van der Waals surface area contributed by atoms with Crippen LogP contribution in [0.4, 0.5) is 0 Å². The number of hydrogen-bond acceptors (Lipinski definition) is 1. The van der Waals surface area contributed by atoms with E-state index in [-0.39, 0.29) is 5.66 Å². The molecule has 0 bridgehead atoms. The van der Waals surface area contributed by atoms with Gasteiger partial charge in [0.15, 0.2) is 0 Å². The van der Waals surface area contributed by atoms with Crippen LogP contribution in [0.3, 0.4) is 0 Å². The number of hydrogen-bond donors (Lipinski definition) is 0. The van der Waals surface area contributed by atoms with Gasteiger partial charge in [0.2, 0.25) is 0 Å². The summed E-state index contributed by atoms with van der Waals surface area (Å²) in [6, 6.07) is 31.1. The lowest BCUT2D eigenvalue weighted by molar-refractivity contribution is 0.391. The van der Waals surface area contributed by atoms with Crippen LogP contribution in [-0.2, 0) is 11.0 Å². The molecular formula is C26H29OP. The molecule has 3 aromatic rings. The first-order valence-electron chi connectivity index (χ1n) is 10.4. The molecule has 0 radical (unpaired) electrons. The van der Waals surface area contributed by atoms with Gasteiger partial charge in [-0.2, -0.15) is 0 Å². The zero-order valence-electron chi connectivity index (χ0n) is 16.6. The van der Waals surface area contributed by atoms with Crippen molar-refractivity contribution in [2.75, 3.05) is 0 Å². The van der Waals surface area contributed by atoms with Gasteiger partial charge < -0.3 is 4.57 Å². The molecule has 0 heterocycles. The molecule has 0 saturated heterocycles. The molecule has 4 rings (SSSR count). The molecule has 0 N–H and O–H groups in total. The van der Waals surface area contributed by atoms with Crippen LogP contribution in [0.25, 0.3) is 0 Å². The van der Waals surface area contributed by atoms with E-state index in [1.165, 1.54) is 24.8 Å². The standard InChI is InChI=1S/C26H29OP/c1-21-12-11-19-25(21)26(20-22-13-5-2-6-14-22)28(27,23-15-7-3-8-16-23)24-17-9-4-10-18-24/h2-10,13-18,21,25-26H,11-12,19-20H2,1H3. The predicted octanol–water partition coefficient (Wildman–Crippen LogP) is 6.05. The minimum Gasteiger partial charge on any atom is -0.313 e. The summed E-state index contributed by atoms with van der Waals surface area (Å²) in [6.07, 6.45) is 4.56. The summed E-state index contributed by atoms with van der Waals surface area (Å²) in [5, 5.41) is 2.00. The average Bonchev–Trinajstić information content (AvgIpc) is 3.19. The van der Waals surface area contributed by atoms with E-state index in [4.69, 9.17) is 0 Å². The molecule has 1 fully saturated rings. The highest BCUT2D eigenvalue weighted by Gasteiger charge is 2.44. The molecule has 144 valence electrons. The second-order valence-corrected chi connectivity index (χ2v) is 11.2. The molecule has 0 spiro atoms. The van der Waals surface area contributed by atoms with E-state index in [2.05, 4.69) is 61.5 Å². The molecule has 28 heavy (non-hydrogen) atoms. The summed E-state index contributed by atoms with van der Waals surface area (Å²) < 4.78 is 15.1. The van der Waals surface area contributed by atoms with E-state index in [1.54, 1.807) is 0 Å². The fourth-order valence-corrected chi connectivity index (χ4v) is 8.73. The van der Waals surface area contributed by atoms with Crippen molar-refractivity contribution in [2.45, 2.75) is 38.3 Å². The minimum atomic E-state index is -2.79. The fraction of sp³-hybridized carbons (Fsp3) is 0.308. The van der Waals surface area contributed by atoms with Gasteiger partial charge in [-0.05, 0) is 30.2 Å². The average molecular weight is 388 g/mol. The van der Waals surface area contributed by atoms with E-state index < -0.39 is 7.14 Å². The summed E-state index contributed by atoms with van der Waals surface area (Å²) in [5.74, 6) is 1.11. The number of benzene rings is 3. The summed E-state index contributed by atoms with van der Waals surface area (Å²) in [4.78, 5) is 0. The van der Waals surface area contributed by atoms with Crippen molar-refractivity contribution in [1.82, 2.24) is 0 Å². The Morgan fingerprint density at radius 1 is 0.786 bits per heavy atom. The zero-order valence-corrected chi connectivity index (χ0v) is 17.5. The van der Waals surface area contributed by atoms with E-state index >= 15 is 4.57 Å². The molecule has 3 unspecified atom stereocenters. The molecule has 1 nitrogen and oxygen atoms in total. The Labute approximate surface area is 169 Å². The molecular weight excluding hydrogens is 359 g/mol. The maximum Gasteiger partial charge on any atom is 0.146 e. The minimum absolute atomic E-state index is 0.136. The second-order valence-electron chi connectivity index (χ2n) is 8.16. The highest BCUT2D eigenvalue weighted by molar-refractivity contribution is 7.79. The third-order valence-corrected chi connectivity index (χ3v) is 10.1. The molecule has 3 atom stereocenters. The van der Waals surface area contributed by atoms with Crippen molar-refractivity contribution in [1.29, 1.82) is 0 Å². The first-order chi connectivity index (χ1) is 13.7. The van der Waals surface area contributed by atoms with E-state index in [0.29, 0.717) is 11.8 Å². The highest BCUT2D eigenvalue weighted by atomic mass is 31.2. The summed E-state index contributed by atoms with van der Waals surface area (Å²) in [7, 11) is -2.79. The Balaban J connectivity index is 1.87. The maximum atomic E-state index is 15.1. The third-order valence-electron chi connectivity index (χ3n) is 6.46. The Morgan fingerprint density at radius 3 is 1.75 bits per heavy atom. The van der Waals surface area contributed by atoms with E-state index in [1.807, 2.05) is 36.4 Å². The summed E-state index contributed by atoms with van der Waals surface area (Å²) in [6.45, 7) is 2.36. The van der Waals surface area contributed by atoms with Crippen molar-refractivity contribution in [3.8, 4) is 0 Å². The molecule has 1 aliphatic rings. The van der Waals surface area contributed by atoms with E-state index in [0.717, 1.165) is 17.0 Å². The van der Waals surface area contributed by atoms with Crippen LogP contribution in [0.15, 0.2) is 91.0 Å². The van der Waals surface area contributed by atoms with Gasteiger partial charge in [0.1, 0.15) is 7.14 Å². The van der Waals surface area contributed by atoms with Crippen LogP contribution >= 0.6 is 7.14 Å². The first-order valence-corrected chi connectivity index (χ1v) is 12.2. The smallest absolute Gasteiger partial charge is 0.146 e. The zero-order chi connectivity index (χ0) is 19.4. The van der Waals surface area contributed by atoms with Gasteiger partial charge in [-0.25, -0.2) is 0 Å². The van der Waals surface area contributed by atoms with Gasteiger partial charge in [-0.1, -0.05) is 111 Å². The van der Waals surface area contributed by atoms with Crippen LogP contribution < -0.4 is 10.6 Å². The number of rotatable bonds is 6. The van der Waals surface area contributed by atoms with Gasteiger partial charge >= 0.3 is 0 Å². The molecule has 3 aromatic carbocycles. The van der Waals surface area contributed by atoms with Crippen molar-refractivity contribution < 1.29 is 4.57 Å². The molecule has 0 aromatic heterocycles. The SMILES string of the molecule is CC1CCCC1C(Cc1ccccc1)P(=O)(c1ccccc1)c1ccccc1. The summed E-state index contributed by atoms with van der Waals surface area (Å²) >= 11 is 0. The molecule has 0 aliphatic heterocycles. The largest absolute Gasteiger partial charge is 0.313 e. The fourth-order valence-electron chi connectivity index (χ4n) is 4.98. The van der Waals surface area contributed by atoms with E-state index in [9.17, 15) is 0 Å². The molecule has 2 heteroatoms. The van der Waals surface area contributed by atoms with Crippen molar-refractivity contribution >= 4 is 17.8 Å². The first kappa shape index (κ1) is 19.2. The van der Waals surface area contributed by atoms with Gasteiger partial charge in [0, 0.05) is 16.3 Å². The predicted molar refractivity (Wildman–Crippen MR) is 120 cm³/mol. The van der Waals surface area contributed by atoms with Crippen LogP contribution in [0.2, 0.25) is 0 Å². The monoisotopic (exact) mass is 388 g/mol. The Morgan fingerprint density at radius 2 is 1.29 bits per heavy atom. The summed E-state index contributed by atoms with van der Waals surface area (Å²) in [5.41, 5.74) is 1.43. The van der Waals surface area contributed by atoms with Crippen LogP contribution in [0.1, 0.15) is 31.7 Å². The van der Waals surface area contributed by atoms with Crippen LogP contribution in [-0.4, -0.2) is 5.66 Å². The molecule has 1 aliphatic carbocycles. The maximum absolute atomic E-state index is 15.1. The topological polar surface area (TPSA) is 17.1 Å². The highest BCUT2D eigenvalue weighted by Crippen LogP contribution is 2.56.